The van der Waals surface area contributed by atoms with Gasteiger partial charge in [0.05, 0.1) is 5.52 Å². The number of fused-ring (bicyclic) bond motifs is 1. The van der Waals surface area contributed by atoms with E-state index in [0.29, 0.717) is 5.39 Å². The topological polar surface area (TPSA) is 55.1 Å². The first kappa shape index (κ1) is 13.0. The summed E-state index contributed by atoms with van der Waals surface area (Å²) in [4.78, 5) is 11.1. The van der Waals surface area contributed by atoms with Crippen LogP contribution in [0.15, 0.2) is 24.3 Å². The van der Waals surface area contributed by atoms with E-state index in [4.69, 9.17) is 5.11 Å². The summed E-state index contributed by atoms with van der Waals surface area (Å²) in [5.74, 6) is 1.22. The van der Waals surface area contributed by atoms with Crippen molar-refractivity contribution < 1.29 is 9.90 Å². The van der Waals surface area contributed by atoms with E-state index in [1.54, 1.807) is 4.68 Å². The zero-order valence-electron chi connectivity index (χ0n) is 10.3. The standard InChI is InChI=1S/C13H16N2O2S/c1-2-18-9-5-8-15-11-7-4-3-6-10(11)12(14-15)13(16)17/h3-4,6-7H,2,5,8-9H2,1H3,(H,16,17). The monoisotopic (exact) mass is 264 g/mol. The third-order valence-corrected chi connectivity index (χ3v) is 3.71. The number of aromatic nitrogens is 2. The Balaban J connectivity index is 2.24. The van der Waals surface area contributed by atoms with Gasteiger partial charge in [-0.1, -0.05) is 25.1 Å². The van der Waals surface area contributed by atoms with Gasteiger partial charge in [-0.15, -0.1) is 0 Å². The molecule has 1 N–H and O–H groups in total. The van der Waals surface area contributed by atoms with Crippen LogP contribution in [0.2, 0.25) is 0 Å². The van der Waals surface area contributed by atoms with Gasteiger partial charge in [0.2, 0.25) is 0 Å². The molecule has 0 aliphatic carbocycles. The molecule has 5 heteroatoms. The van der Waals surface area contributed by atoms with Crippen LogP contribution in [0.5, 0.6) is 0 Å². The van der Waals surface area contributed by atoms with Crippen LogP contribution in [0.25, 0.3) is 10.9 Å². The molecule has 0 atom stereocenters. The van der Waals surface area contributed by atoms with Crippen LogP contribution in [0.1, 0.15) is 23.8 Å². The molecule has 18 heavy (non-hydrogen) atoms. The molecule has 2 rings (SSSR count). The molecule has 96 valence electrons. The number of benzene rings is 1. The molecule has 0 radical (unpaired) electrons. The number of hydrogen-bond acceptors (Lipinski definition) is 3. The number of carbonyl (C=O) groups is 1. The number of nitrogens with zero attached hydrogens (tertiary/aromatic N) is 2. The Morgan fingerprint density at radius 1 is 1.44 bits per heavy atom. The highest BCUT2D eigenvalue weighted by atomic mass is 32.2. The summed E-state index contributed by atoms with van der Waals surface area (Å²) in [5.41, 5.74) is 1.05. The van der Waals surface area contributed by atoms with Crippen LogP contribution in [-0.2, 0) is 6.54 Å². The fraction of sp³-hybridized carbons (Fsp3) is 0.385. The fourth-order valence-corrected chi connectivity index (χ4v) is 2.54. The largest absolute Gasteiger partial charge is 0.476 e. The number of rotatable bonds is 6. The van der Waals surface area contributed by atoms with Crippen LogP contribution in [-0.4, -0.2) is 32.4 Å². The van der Waals surface area contributed by atoms with Crippen LogP contribution in [0.3, 0.4) is 0 Å². The molecule has 0 aliphatic heterocycles. The lowest BCUT2D eigenvalue weighted by molar-refractivity contribution is 0.0691. The molecule has 0 bridgehead atoms. The molecule has 0 aliphatic rings. The Kier molecular flexibility index (Phi) is 4.25. The van der Waals surface area contributed by atoms with Gasteiger partial charge in [0, 0.05) is 11.9 Å². The van der Waals surface area contributed by atoms with Gasteiger partial charge in [-0.2, -0.15) is 16.9 Å². The molecule has 4 nitrogen and oxygen atoms in total. The SMILES string of the molecule is CCSCCCn1nc(C(=O)O)c2ccccc21. The molecule has 0 saturated heterocycles. The molecule has 1 aromatic carbocycles. The third kappa shape index (κ3) is 2.67. The maximum atomic E-state index is 11.1. The summed E-state index contributed by atoms with van der Waals surface area (Å²) in [6.45, 7) is 2.90. The Hall–Kier alpha value is -1.49. The summed E-state index contributed by atoms with van der Waals surface area (Å²) in [7, 11) is 0. The summed E-state index contributed by atoms with van der Waals surface area (Å²) >= 11 is 1.89. The van der Waals surface area contributed by atoms with Crippen molar-refractivity contribution in [1.29, 1.82) is 0 Å². The second kappa shape index (κ2) is 5.91. The van der Waals surface area contributed by atoms with E-state index in [1.807, 2.05) is 36.0 Å². The average Bonchev–Trinajstić information content (AvgIpc) is 2.74. The van der Waals surface area contributed by atoms with E-state index < -0.39 is 5.97 Å². The second-order valence-corrected chi connectivity index (χ2v) is 5.34. The minimum atomic E-state index is -0.965. The number of hydrogen-bond donors (Lipinski definition) is 1. The van der Waals surface area contributed by atoms with Crippen molar-refractivity contribution in [3.63, 3.8) is 0 Å². The smallest absolute Gasteiger partial charge is 0.357 e. The summed E-state index contributed by atoms with van der Waals surface area (Å²) in [6, 6.07) is 7.48. The normalized spacial score (nSPS) is 10.9. The molecular formula is C13H16N2O2S. The third-order valence-electron chi connectivity index (χ3n) is 2.72. The van der Waals surface area contributed by atoms with Crippen molar-refractivity contribution in [2.45, 2.75) is 19.9 Å². The van der Waals surface area contributed by atoms with Crippen LogP contribution >= 0.6 is 11.8 Å². The molecule has 0 amide bonds. The molecule has 0 unspecified atom stereocenters. The molecule has 0 saturated carbocycles. The maximum Gasteiger partial charge on any atom is 0.357 e. The Labute approximate surface area is 110 Å². The lowest BCUT2D eigenvalue weighted by Gasteiger charge is -2.02. The zero-order chi connectivity index (χ0) is 13.0. The quantitative estimate of drug-likeness (QED) is 0.815. The first-order valence-electron chi connectivity index (χ1n) is 6.00. The van der Waals surface area contributed by atoms with Gasteiger partial charge in [0.25, 0.3) is 0 Å². The van der Waals surface area contributed by atoms with Gasteiger partial charge < -0.3 is 5.11 Å². The van der Waals surface area contributed by atoms with Crippen molar-refractivity contribution in [2.24, 2.45) is 0 Å². The van der Waals surface area contributed by atoms with Crippen molar-refractivity contribution in [3.05, 3.63) is 30.0 Å². The van der Waals surface area contributed by atoms with E-state index in [1.165, 1.54) is 0 Å². The highest BCUT2D eigenvalue weighted by molar-refractivity contribution is 7.99. The minimum absolute atomic E-state index is 0.147. The van der Waals surface area contributed by atoms with E-state index >= 15 is 0 Å². The zero-order valence-corrected chi connectivity index (χ0v) is 11.1. The maximum absolute atomic E-state index is 11.1. The van der Waals surface area contributed by atoms with Gasteiger partial charge in [-0.3, -0.25) is 4.68 Å². The van der Waals surface area contributed by atoms with E-state index in [-0.39, 0.29) is 5.69 Å². The minimum Gasteiger partial charge on any atom is -0.476 e. The molecule has 1 aromatic heterocycles. The van der Waals surface area contributed by atoms with Crippen molar-refractivity contribution in [2.75, 3.05) is 11.5 Å². The number of carboxylic acid groups (broad SMARTS) is 1. The number of carboxylic acids is 1. The predicted octanol–water partition coefficient (Wildman–Crippen LogP) is 2.88. The summed E-state index contributed by atoms with van der Waals surface area (Å²) in [5, 5.41) is 14.0. The Morgan fingerprint density at radius 2 is 2.22 bits per heavy atom. The van der Waals surface area contributed by atoms with Gasteiger partial charge in [0.1, 0.15) is 0 Å². The van der Waals surface area contributed by atoms with Gasteiger partial charge in [-0.25, -0.2) is 4.79 Å². The Morgan fingerprint density at radius 3 is 2.94 bits per heavy atom. The van der Waals surface area contributed by atoms with Gasteiger partial charge in [-0.05, 0) is 24.0 Å². The number of thioether (sulfide) groups is 1. The molecule has 0 spiro atoms. The average molecular weight is 264 g/mol. The highest BCUT2D eigenvalue weighted by Gasteiger charge is 2.15. The van der Waals surface area contributed by atoms with E-state index in [9.17, 15) is 4.79 Å². The highest BCUT2D eigenvalue weighted by Crippen LogP contribution is 2.19. The lowest BCUT2D eigenvalue weighted by atomic mass is 10.2. The molecular weight excluding hydrogens is 248 g/mol. The van der Waals surface area contributed by atoms with Crippen molar-refractivity contribution >= 4 is 28.6 Å². The van der Waals surface area contributed by atoms with Gasteiger partial charge in [0.15, 0.2) is 5.69 Å². The predicted molar refractivity (Wildman–Crippen MR) is 74.3 cm³/mol. The number of aromatic carboxylic acids is 1. The van der Waals surface area contributed by atoms with Gasteiger partial charge >= 0.3 is 5.97 Å². The van der Waals surface area contributed by atoms with E-state index in [0.717, 1.165) is 30.0 Å². The number of aryl methyl sites for hydroxylation is 1. The van der Waals surface area contributed by atoms with Crippen molar-refractivity contribution in [1.82, 2.24) is 9.78 Å². The first-order chi connectivity index (χ1) is 8.74. The van der Waals surface area contributed by atoms with Crippen LogP contribution in [0.4, 0.5) is 0 Å². The fourth-order valence-electron chi connectivity index (χ4n) is 1.92. The lowest BCUT2D eigenvalue weighted by Crippen LogP contribution is -2.04. The van der Waals surface area contributed by atoms with Crippen LogP contribution in [0, 0.1) is 0 Å². The summed E-state index contributed by atoms with van der Waals surface area (Å²) in [6.07, 6.45) is 1.00. The first-order valence-corrected chi connectivity index (χ1v) is 7.16. The van der Waals surface area contributed by atoms with Crippen LogP contribution < -0.4 is 0 Å². The van der Waals surface area contributed by atoms with E-state index in [2.05, 4.69) is 12.0 Å². The second-order valence-electron chi connectivity index (χ2n) is 3.94. The molecule has 0 fully saturated rings. The number of para-hydroxylation sites is 1. The van der Waals surface area contributed by atoms with Crippen molar-refractivity contribution in [3.8, 4) is 0 Å². The molecule has 1 heterocycles. The Bertz CT molecular complexity index is 551. The molecule has 2 aromatic rings. The summed E-state index contributed by atoms with van der Waals surface area (Å²) < 4.78 is 1.80.